The first-order chi connectivity index (χ1) is 11.2. The van der Waals surface area contributed by atoms with E-state index in [1.165, 1.54) is 0 Å². The fraction of sp³-hybridized carbons (Fsp3) is 0.765. The summed E-state index contributed by atoms with van der Waals surface area (Å²) < 4.78 is 0. The molecule has 2 fully saturated rings. The van der Waals surface area contributed by atoms with Crippen molar-refractivity contribution in [3.63, 3.8) is 0 Å². The molecule has 4 atom stereocenters. The zero-order valence-corrected chi connectivity index (χ0v) is 14.2. The number of hydrogen-bond donors (Lipinski definition) is 2. The molecule has 3 amide bonds. The molecule has 1 saturated heterocycles. The minimum Gasteiger partial charge on any atom is -0.392 e. The van der Waals surface area contributed by atoms with E-state index in [1.54, 1.807) is 0 Å². The highest BCUT2D eigenvalue weighted by Crippen LogP contribution is 2.35. The van der Waals surface area contributed by atoms with E-state index in [9.17, 15) is 24.3 Å². The number of amides is 3. The monoisotopic (exact) mass is 338 g/mol. The largest absolute Gasteiger partial charge is 0.392 e. The Hall–Kier alpha value is -1.76. The molecule has 0 aromatic heterocycles. The van der Waals surface area contributed by atoms with E-state index in [1.807, 2.05) is 6.92 Å². The van der Waals surface area contributed by atoms with Crippen molar-refractivity contribution in [1.82, 2.24) is 4.90 Å². The SMILES string of the molecule is C[C@@H]1CC(C(O)CC2CC(=O)N(CC(N)=O)C(=O)C2)C(=O)[C@@H](C)C1. The van der Waals surface area contributed by atoms with Gasteiger partial charge >= 0.3 is 0 Å². The first-order valence-electron chi connectivity index (χ1n) is 8.52. The van der Waals surface area contributed by atoms with E-state index in [2.05, 4.69) is 6.92 Å². The summed E-state index contributed by atoms with van der Waals surface area (Å²) >= 11 is 0. The van der Waals surface area contributed by atoms with Crippen molar-refractivity contribution >= 4 is 23.5 Å². The van der Waals surface area contributed by atoms with E-state index in [0.717, 1.165) is 11.3 Å². The third-order valence-electron chi connectivity index (χ3n) is 5.15. The lowest BCUT2D eigenvalue weighted by molar-refractivity contribution is -0.152. The second kappa shape index (κ2) is 7.42. The molecule has 3 N–H and O–H groups in total. The molecule has 1 aliphatic carbocycles. The number of ketones is 1. The first kappa shape index (κ1) is 18.6. The smallest absolute Gasteiger partial charge is 0.237 e. The molecule has 134 valence electrons. The molecule has 2 unspecified atom stereocenters. The lowest BCUT2D eigenvalue weighted by Crippen LogP contribution is -2.48. The number of aliphatic hydroxyl groups excluding tert-OH is 1. The predicted octanol–water partition coefficient (Wildman–Crippen LogP) is 0.239. The Bertz CT molecular complexity index is 529. The van der Waals surface area contributed by atoms with E-state index < -0.39 is 36.3 Å². The summed E-state index contributed by atoms with van der Waals surface area (Å²) in [7, 11) is 0. The minimum atomic E-state index is -0.837. The summed E-state index contributed by atoms with van der Waals surface area (Å²) in [4.78, 5) is 48.2. The first-order valence-corrected chi connectivity index (χ1v) is 8.52. The van der Waals surface area contributed by atoms with Gasteiger partial charge < -0.3 is 10.8 Å². The number of nitrogens with two attached hydrogens (primary N) is 1. The average molecular weight is 338 g/mol. The molecular weight excluding hydrogens is 312 g/mol. The van der Waals surface area contributed by atoms with Gasteiger partial charge in [0.05, 0.1) is 6.10 Å². The van der Waals surface area contributed by atoms with Gasteiger partial charge in [-0.1, -0.05) is 13.8 Å². The maximum Gasteiger partial charge on any atom is 0.237 e. The zero-order valence-electron chi connectivity index (χ0n) is 14.2. The third-order valence-corrected chi connectivity index (χ3v) is 5.15. The van der Waals surface area contributed by atoms with Gasteiger partial charge in [-0.05, 0) is 31.1 Å². The number of likely N-dealkylation sites (tertiary alicyclic amines) is 1. The van der Waals surface area contributed by atoms with Crippen molar-refractivity contribution in [3.8, 4) is 0 Å². The van der Waals surface area contributed by atoms with E-state index in [4.69, 9.17) is 5.73 Å². The number of primary amides is 1. The highest BCUT2D eigenvalue weighted by molar-refractivity contribution is 6.00. The topological polar surface area (TPSA) is 118 Å². The lowest BCUT2D eigenvalue weighted by Gasteiger charge is -2.35. The maximum atomic E-state index is 12.3. The van der Waals surface area contributed by atoms with Crippen LogP contribution in [0.4, 0.5) is 0 Å². The van der Waals surface area contributed by atoms with Gasteiger partial charge in [0.1, 0.15) is 12.3 Å². The molecule has 7 nitrogen and oxygen atoms in total. The maximum absolute atomic E-state index is 12.3. The fourth-order valence-electron chi connectivity index (χ4n) is 4.01. The molecule has 1 saturated carbocycles. The molecule has 2 aliphatic rings. The molecule has 2 rings (SSSR count). The number of carbonyl (C=O) groups excluding carboxylic acids is 4. The Labute approximate surface area is 141 Å². The number of nitrogens with zero attached hydrogens (tertiary/aromatic N) is 1. The third kappa shape index (κ3) is 4.20. The number of hydrogen-bond acceptors (Lipinski definition) is 5. The van der Waals surface area contributed by atoms with Crippen LogP contribution in [0.2, 0.25) is 0 Å². The molecule has 1 heterocycles. The van der Waals surface area contributed by atoms with Crippen LogP contribution in [0.15, 0.2) is 0 Å². The Kier molecular flexibility index (Phi) is 5.74. The van der Waals surface area contributed by atoms with Crippen LogP contribution in [0.1, 0.15) is 46.0 Å². The van der Waals surface area contributed by atoms with Gasteiger partial charge in [-0.25, -0.2) is 0 Å². The van der Waals surface area contributed by atoms with E-state index in [-0.39, 0.29) is 36.9 Å². The van der Waals surface area contributed by atoms with Gasteiger partial charge in [0.2, 0.25) is 17.7 Å². The molecule has 0 bridgehead atoms. The Morgan fingerprint density at radius 1 is 1.21 bits per heavy atom. The van der Waals surface area contributed by atoms with Crippen molar-refractivity contribution in [2.75, 3.05) is 6.54 Å². The zero-order chi connectivity index (χ0) is 18.0. The summed E-state index contributed by atoms with van der Waals surface area (Å²) in [5.41, 5.74) is 5.04. The van der Waals surface area contributed by atoms with Crippen LogP contribution in [-0.4, -0.2) is 46.2 Å². The van der Waals surface area contributed by atoms with Crippen molar-refractivity contribution in [1.29, 1.82) is 0 Å². The minimum absolute atomic E-state index is 0.0610. The highest BCUT2D eigenvalue weighted by Gasteiger charge is 2.39. The van der Waals surface area contributed by atoms with Gasteiger partial charge in [-0.15, -0.1) is 0 Å². The van der Waals surface area contributed by atoms with Gasteiger partial charge in [0.25, 0.3) is 0 Å². The van der Waals surface area contributed by atoms with Crippen molar-refractivity contribution in [3.05, 3.63) is 0 Å². The number of aliphatic hydroxyl groups is 1. The number of rotatable bonds is 5. The van der Waals surface area contributed by atoms with Crippen LogP contribution >= 0.6 is 0 Å². The van der Waals surface area contributed by atoms with Gasteiger partial charge in [0, 0.05) is 24.7 Å². The number of carbonyl (C=O) groups is 4. The van der Waals surface area contributed by atoms with Crippen molar-refractivity contribution < 1.29 is 24.3 Å². The number of piperidine rings is 1. The average Bonchev–Trinajstić information content (AvgIpc) is 2.46. The normalized spacial score (nSPS) is 30.5. The molecule has 1 aliphatic heterocycles. The lowest BCUT2D eigenvalue weighted by atomic mass is 9.71. The van der Waals surface area contributed by atoms with Crippen LogP contribution in [0.5, 0.6) is 0 Å². The summed E-state index contributed by atoms with van der Waals surface area (Å²) in [6.07, 6.45) is 1.06. The Balaban J connectivity index is 1.96. The molecule has 0 spiro atoms. The number of Topliss-reactive ketones (excluding diaryl/α,β-unsaturated/α-hetero) is 1. The Morgan fingerprint density at radius 2 is 1.79 bits per heavy atom. The van der Waals surface area contributed by atoms with Crippen LogP contribution in [-0.2, 0) is 19.2 Å². The van der Waals surface area contributed by atoms with E-state index >= 15 is 0 Å². The molecule has 0 aromatic carbocycles. The molecule has 0 radical (unpaired) electrons. The van der Waals surface area contributed by atoms with Crippen LogP contribution < -0.4 is 5.73 Å². The van der Waals surface area contributed by atoms with Crippen LogP contribution in [0, 0.1) is 23.7 Å². The summed E-state index contributed by atoms with van der Waals surface area (Å²) in [6.45, 7) is 3.55. The van der Waals surface area contributed by atoms with Crippen LogP contribution in [0.25, 0.3) is 0 Å². The summed E-state index contributed by atoms with van der Waals surface area (Å²) in [5.74, 6) is -1.96. The second-order valence-corrected chi connectivity index (χ2v) is 7.40. The summed E-state index contributed by atoms with van der Waals surface area (Å²) in [6, 6.07) is 0. The van der Waals surface area contributed by atoms with Gasteiger partial charge in [0.15, 0.2) is 0 Å². The van der Waals surface area contributed by atoms with Gasteiger partial charge in [-0.3, -0.25) is 24.1 Å². The van der Waals surface area contributed by atoms with Crippen molar-refractivity contribution in [2.24, 2.45) is 29.4 Å². The highest BCUT2D eigenvalue weighted by atomic mass is 16.3. The summed E-state index contributed by atoms with van der Waals surface area (Å²) in [5, 5.41) is 10.5. The molecule has 0 aromatic rings. The quantitative estimate of drug-likeness (QED) is 0.696. The molecular formula is C17H26N2O5. The van der Waals surface area contributed by atoms with E-state index in [0.29, 0.717) is 12.3 Å². The predicted molar refractivity (Wildman–Crippen MR) is 85.3 cm³/mol. The second-order valence-electron chi connectivity index (χ2n) is 7.40. The fourth-order valence-corrected chi connectivity index (χ4v) is 4.01. The van der Waals surface area contributed by atoms with Crippen LogP contribution in [0.3, 0.4) is 0 Å². The van der Waals surface area contributed by atoms with Gasteiger partial charge in [-0.2, -0.15) is 0 Å². The molecule has 7 heteroatoms. The number of imide groups is 1. The molecule has 24 heavy (non-hydrogen) atoms. The Morgan fingerprint density at radius 3 is 2.33 bits per heavy atom. The van der Waals surface area contributed by atoms with Crippen molar-refractivity contribution in [2.45, 2.75) is 52.1 Å². The standard InChI is InChI=1S/C17H26N2O5/c1-9-3-10(2)17(24)12(4-9)13(20)5-11-6-15(22)19(8-14(18)21)16(23)7-11/h9-13,20H,3-8H2,1-2H3,(H2,18,21)/t9-,10-,12?,13?/m0/s1.